The Bertz CT molecular complexity index is 2450. The van der Waals surface area contributed by atoms with E-state index in [-0.39, 0.29) is 11.8 Å². The summed E-state index contributed by atoms with van der Waals surface area (Å²) >= 11 is 3.49. The zero-order valence-corrected chi connectivity index (χ0v) is 36.1. The molecule has 2 aromatic heterocycles. The van der Waals surface area contributed by atoms with Gasteiger partial charge in [-0.3, -0.25) is 9.59 Å². The van der Waals surface area contributed by atoms with E-state index < -0.39 is 10.8 Å². The molecule has 2 saturated carbocycles. The first-order valence-electron chi connectivity index (χ1n) is 20.8. The van der Waals surface area contributed by atoms with E-state index in [2.05, 4.69) is 53.9 Å². The highest BCUT2D eigenvalue weighted by Gasteiger charge is 2.52. The largest absolute Gasteiger partial charge is 0.497 e. The van der Waals surface area contributed by atoms with Crippen molar-refractivity contribution in [2.75, 3.05) is 82.4 Å². The molecule has 4 aliphatic rings. The maximum atomic E-state index is 13.3. The van der Waals surface area contributed by atoms with Crippen LogP contribution >= 0.6 is 15.9 Å². The lowest BCUT2D eigenvalue weighted by Gasteiger charge is -2.29. The van der Waals surface area contributed by atoms with Gasteiger partial charge in [0.15, 0.2) is 0 Å². The Morgan fingerprint density at radius 1 is 0.639 bits per heavy atom. The van der Waals surface area contributed by atoms with Gasteiger partial charge < -0.3 is 39.8 Å². The number of nitrogens with zero attached hydrogens (tertiary/aromatic N) is 3. The van der Waals surface area contributed by atoms with Gasteiger partial charge in [0.05, 0.1) is 51.5 Å². The fourth-order valence-electron chi connectivity index (χ4n) is 7.83. The molecule has 2 aliphatic heterocycles. The Morgan fingerprint density at radius 2 is 1.10 bits per heavy atom. The van der Waals surface area contributed by atoms with E-state index >= 15 is 0 Å². The topological polar surface area (TPSA) is 136 Å². The lowest BCUT2D eigenvalue weighted by atomic mass is 9.95. The molecule has 4 fully saturated rings. The Morgan fingerprint density at radius 3 is 1.56 bits per heavy atom. The van der Waals surface area contributed by atoms with Crippen molar-refractivity contribution in [3.05, 3.63) is 125 Å². The highest BCUT2D eigenvalue weighted by molar-refractivity contribution is 9.10. The van der Waals surface area contributed by atoms with Crippen LogP contribution in [0.25, 0.3) is 21.5 Å². The lowest BCUT2D eigenvalue weighted by Crippen LogP contribution is -2.37. The third-order valence-corrected chi connectivity index (χ3v) is 12.3. The number of aromatic nitrogens is 2. The van der Waals surface area contributed by atoms with Crippen molar-refractivity contribution < 1.29 is 28.5 Å². The number of anilines is 3. The van der Waals surface area contributed by atoms with Crippen molar-refractivity contribution >= 4 is 66.7 Å². The monoisotopic (exact) mass is 886 g/mol. The number of carbonyl (C=O) groups is 2. The summed E-state index contributed by atoms with van der Waals surface area (Å²) in [6.45, 7) is 6.80. The van der Waals surface area contributed by atoms with Crippen molar-refractivity contribution in [1.82, 2.24) is 15.3 Å². The first-order valence-corrected chi connectivity index (χ1v) is 21.6. The lowest BCUT2D eigenvalue weighted by molar-refractivity contribution is -0.119. The van der Waals surface area contributed by atoms with Crippen molar-refractivity contribution in [3.63, 3.8) is 0 Å². The molecule has 0 radical (unpaired) electrons. The number of fused-ring (bicyclic) bond motifs is 2. The van der Waals surface area contributed by atoms with Gasteiger partial charge in [-0.2, -0.15) is 0 Å². The zero-order chi connectivity index (χ0) is 42.2. The van der Waals surface area contributed by atoms with E-state index in [9.17, 15) is 9.59 Å². The van der Waals surface area contributed by atoms with E-state index in [1.54, 1.807) is 14.2 Å². The van der Waals surface area contributed by atoms with E-state index in [0.717, 1.165) is 120 Å². The standard InChI is InChI=1S/C24H25N3O3.C20H17BrN2O2.C4H9NO/c1-29-19-8-6-18(7-9-19)24(10-11-24)23(28)26-21-16-17-4-2-3-5-20(17)22(25-21)27-12-14-30-15-13-27;1-25-15-8-6-14(7-9-15)20(10-11-20)19(24)23-17-12-13-4-2-3-5-16(13)18(21)22-17;1-3-6-4-2-5-1/h2-9,16H,10-15H2,1H3,(H,25,26,28);2-9,12H,10-11H2,1H3,(H,22,23,24);5H,1-4H2. The van der Waals surface area contributed by atoms with Crippen LogP contribution in [0.2, 0.25) is 0 Å². The smallest absolute Gasteiger partial charge is 0.236 e. The van der Waals surface area contributed by atoms with Crippen molar-refractivity contribution in [2.24, 2.45) is 0 Å². The molecule has 0 bridgehead atoms. The average Bonchev–Trinajstić information content (AvgIpc) is 4.27. The third kappa shape index (κ3) is 9.65. The molecule has 12 nitrogen and oxygen atoms in total. The summed E-state index contributed by atoms with van der Waals surface area (Å²) in [5.41, 5.74) is 1.12. The predicted octanol–water partition coefficient (Wildman–Crippen LogP) is 8.03. The number of hydrogen-bond acceptors (Lipinski definition) is 10. The van der Waals surface area contributed by atoms with E-state index in [4.69, 9.17) is 23.9 Å². The van der Waals surface area contributed by atoms with Crippen molar-refractivity contribution in [1.29, 1.82) is 0 Å². The summed E-state index contributed by atoms with van der Waals surface area (Å²) in [5.74, 6) is 3.65. The van der Waals surface area contributed by atoms with Crippen LogP contribution in [0.1, 0.15) is 36.8 Å². The minimum Gasteiger partial charge on any atom is -0.497 e. The maximum Gasteiger partial charge on any atom is 0.236 e. The summed E-state index contributed by atoms with van der Waals surface area (Å²) in [4.78, 5) is 37.7. The summed E-state index contributed by atoms with van der Waals surface area (Å²) in [6, 6.07) is 35.5. The summed E-state index contributed by atoms with van der Waals surface area (Å²) in [5, 5.41) is 13.5. The second kappa shape index (κ2) is 19.0. The van der Waals surface area contributed by atoms with Gasteiger partial charge in [0.2, 0.25) is 11.8 Å². The molecule has 316 valence electrons. The molecule has 2 amide bonds. The molecule has 6 aromatic rings. The number of carbonyl (C=O) groups excluding carboxylic acids is 2. The molecule has 0 unspecified atom stereocenters. The highest BCUT2D eigenvalue weighted by Crippen LogP contribution is 2.50. The van der Waals surface area contributed by atoms with E-state index in [1.807, 2.05) is 97.1 Å². The first kappa shape index (κ1) is 42.1. The number of rotatable bonds is 9. The molecule has 3 N–H and O–H groups in total. The molecule has 2 aliphatic carbocycles. The minimum atomic E-state index is -0.473. The van der Waals surface area contributed by atoms with Crippen LogP contribution in [0.4, 0.5) is 17.5 Å². The molecule has 0 atom stereocenters. The van der Waals surface area contributed by atoms with Crippen LogP contribution in [0.15, 0.2) is 114 Å². The second-order valence-corrected chi connectivity index (χ2v) is 16.3. The van der Waals surface area contributed by atoms with Gasteiger partial charge in [-0.1, -0.05) is 72.8 Å². The maximum absolute atomic E-state index is 13.3. The fourth-order valence-corrected chi connectivity index (χ4v) is 8.38. The molecule has 4 aromatic carbocycles. The average molecular weight is 888 g/mol. The highest BCUT2D eigenvalue weighted by atomic mass is 79.9. The molecular formula is C48H51BrN6O6. The van der Waals surface area contributed by atoms with Crippen LogP contribution < -0.4 is 30.3 Å². The van der Waals surface area contributed by atoms with Gasteiger partial charge in [0.25, 0.3) is 0 Å². The summed E-state index contributed by atoms with van der Waals surface area (Å²) in [7, 11) is 3.28. The number of amides is 2. The molecule has 2 saturated heterocycles. The van der Waals surface area contributed by atoms with Gasteiger partial charge in [-0.15, -0.1) is 0 Å². The number of morpholine rings is 2. The predicted molar refractivity (Wildman–Crippen MR) is 243 cm³/mol. The van der Waals surface area contributed by atoms with E-state index in [1.165, 1.54) is 0 Å². The van der Waals surface area contributed by atoms with Gasteiger partial charge >= 0.3 is 0 Å². The van der Waals surface area contributed by atoms with Gasteiger partial charge in [-0.25, -0.2) is 9.97 Å². The summed E-state index contributed by atoms with van der Waals surface area (Å²) in [6.07, 6.45) is 3.38. The van der Waals surface area contributed by atoms with Gasteiger partial charge in [0.1, 0.15) is 33.6 Å². The quantitative estimate of drug-likeness (QED) is 0.123. The van der Waals surface area contributed by atoms with Crippen LogP contribution in [-0.2, 0) is 29.9 Å². The third-order valence-electron chi connectivity index (χ3n) is 11.7. The Kier molecular flexibility index (Phi) is 13.1. The summed E-state index contributed by atoms with van der Waals surface area (Å²) < 4.78 is 21.7. The fraction of sp³-hybridized carbons (Fsp3) is 0.333. The van der Waals surface area contributed by atoms with Crippen LogP contribution in [0.3, 0.4) is 0 Å². The SMILES string of the molecule is C1COCCN1.COc1ccc(C2(C(=O)Nc3cc4ccccc4c(Br)n3)CC2)cc1.COc1ccc(C2(C(=O)Nc3cc4ccccc4c(N4CCOCC4)n3)CC2)cc1. The number of hydrogen-bond donors (Lipinski definition) is 3. The Hall–Kier alpha value is -5.60. The van der Waals surface area contributed by atoms with Crippen molar-refractivity contribution in [2.45, 2.75) is 36.5 Å². The molecule has 0 spiro atoms. The number of benzene rings is 4. The normalized spacial score (nSPS) is 17.1. The number of pyridine rings is 2. The van der Waals surface area contributed by atoms with Crippen molar-refractivity contribution in [3.8, 4) is 11.5 Å². The molecule has 4 heterocycles. The van der Waals surface area contributed by atoms with Gasteiger partial charge in [0, 0.05) is 37.0 Å². The van der Waals surface area contributed by atoms with Gasteiger partial charge in [-0.05, 0) is 99.9 Å². The van der Waals surface area contributed by atoms with E-state index in [0.29, 0.717) is 24.8 Å². The second-order valence-electron chi connectivity index (χ2n) is 15.6. The molecule has 10 rings (SSSR count). The number of ether oxygens (including phenoxy) is 4. The van der Waals surface area contributed by atoms with Crippen LogP contribution in [0, 0.1) is 0 Å². The number of methoxy groups -OCH3 is 2. The number of halogens is 1. The van der Waals surface area contributed by atoms with Crippen LogP contribution in [-0.4, -0.2) is 88.6 Å². The zero-order valence-electron chi connectivity index (χ0n) is 34.5. The molecule has 61 heavy (non-hydrogen) atoms. The Balaban J connectivity index is 0.000000150. The number of nitrogens with one attached hydrogen (secondary N) is 3. The minimum absolute atomic E-state index is 0.00313. The molecular weight excluding hydrogens is 836 g/mol. The van der Waals surface area contributed by atoms with Crippen LogP contribution in [0.5, 0.6) is 11.5 Å². The first-order chi connectivity index (χ1) is 29.8. The molecule has 13 heteroatoms. The Labute approximate surface area is 364 Å².